The van der Waals surface area contributed by atoms with Crippen LogP contribution in [0.25, 0.3) is 0 Å². The molecule has 0 N–H and O–H groups in total. The largest absolute Gasteiger partial charge is 0.451 e. The number of hydrogen-bond donors (Lipinski definition) is 0. The summed E-state index contributed by atoms with van der Waals surface area (Å²) in [5.41, 5.74) is 1.29. The van der Waals surface area contributed by atoms with Crippen molar-refractivity contribution in [2.45, 2.75) is 19.4 Å². The van der Waals surface area contributed by atoms with Crippen LogP contribution in [-0.2, 0) is 10.3 Å². The van der Waals surface area contributed by atoms with Crippen LogP contribution in [0.15, 0.2) is 18.2 Å². The highest BCUT2D eigenvalue weighted by molar-refractivity contribution is 5.95. The monoisotopic (exact) mass is 190 g/mol. The van der Waals surface area contributed by atoms with E-state index in [1.165, 1.54) is 0 Å². The molecule has 3 nitrogen and oxygen atoms in total. The summed E-state index contributed by atoms with van der Waals surface area (Å²) >= 11 is 0. The van der Waals surface area contributed by atoms with Crippen molar-refractivity contribution < 1.29 is 14.3 Å². The summed E-state index contributed by atoms with van der Waals surface area (Å²) in [4.78, 5) is 21.9. The molecule has 0 aliphatic carbocycles. The van der Waals surface area contributed by atoms with Gasteiger partial charge in [0.05, 0.1) is 5.56 Å². The van der Waals surface area contributed by atoms with Gasteiger partial charge in [-0.15, -0.1) is 0 Å². The SMILES string of the molecule is CC1(C)OC(=O)c2ccc(C=O)cc21. The maximum Gasteiger partial charge on any atom is 0.339 e. The van der Waals surface area contributed by atoms with Crippen molar-refractivity contribution in [2.75, 3.05) is 0 Å². The van der Waals surface area contributed by atoms with Gasteiger partial charge in [-0.05, 0) is 26.0 Å². The predicted octanol–water partition coefficient (Wildman–Crippen LogP) is 1.90. The Morgan fingerprint density at radius 2 is 2.07 bits per heavy atom. The number of rotatable bonds is 1. The minimum atomic E-state index is -0.620. The highest BCUT2D eigenvalue weighted by Crippen LogP contribution is 2.35. The Morgan fingerprint density at radius 1 is 1.36 bits per heavy atom. The Hall–Kier alpha value is -1.64. The standard InChI is InChI=1S/C11H10O3/c1-11(2)9-5-7(6-12)3-4-8(9)10(13)14-11/h3-6H,1-2H3. The third kappa shape index (κ3) is 1.13. The molecule has 72 valence electrons. The van der Waals surface area contributed by atoms with Gasteiger partial charge in [0, 0.05) is 11.1 Å². The maximum absolute atomic E-state index is 11.4. The van der Waals surface area contributed by atoms with Crippen LogP contribution in [0.1, 0.15) is 40.1 Å². The fraction of sp³-hybridized carbons (Fsp3) is 0.273. The highest BCUT2D eigenvalue weighted by Gasteiger charge is 2.37. The second-order valence-electron chi connectivity index (χ2n) is 3.82. The third-order valence-electron chi connectivity index (χ3n) is 2.40. The van der Waals surface area contributed by atoms with Gasteiger partial charge in [0.1, 0.15) is 11.9 Å². The number of carbonyl (C=O) groups excluding carboxylic acids is 2. The van der Waals surface area contributed by atoms with E-state index in [9.17, 15) is 9.59 Å². The number of ether oxygens (including phenoxy) is 1. The molecule has 0 aromatic heterocycles. The summed E-state index contributed by atoms with van der Waals surface area (Å²) in [7, 11) is 0. The van der Waals surface area contributed by atoms with E-state index < -0.39 is 5.60 Å². The van der Waals surface area contributed by atoms with Crippen LogP contribution < -0.4 is 0 Å². The van der Waals surface area contributed by atoms with E-state index in [-0.39, 0.29) is 5.97 Å². The molecule has 1 heterocycles. The Labute approximate surface area is 81.7 Å². The number of aldehydes is 1. The highest BCUT2D eigenvalue weighted by atomic mass is 16.6. The zero-order chi connectivity index (χ0) is 10.3. The lowest BCUT2D eigenvalue weighted by atomic mass is 9.94. The second kappa shape index (κ2) is 2.67. The van der Waals surface area contributed by atoms with Crippen molar-refractivity contribution in [3.63, 3.8) is 0 Å². The van der Waals surface area contributed by atoms with Crippen LogP contribution in [0.4, 0.5) is 0 Å². The van der Waals surface area contributed by atoms with E-state index in [0.717, 1.165) is 11.8 Å². The van der Waals surface area contributed by atoms with E-state index in [2.05, 4.69) is 0 Å². The zero-order valence-electron chi connectivity index (χ0n) is 8.03. The Bertz CT molecular complexity index is 419. The van der Waals surface area contributed by atoms with Crippen LogP contribution in [0, 0.1) is 0 Å². The fourth-order valence-corrected chi connectivity index (χ4v) is 1.65. The smallest absolute Gasteiger partial charge is 0.339 e. The van der Waals surface area contributed by atoms with Gasteiger partial charge in [-0.1, -0.05) is 6.07 Å². The van der Waals surface area contributed by atoms with Crippen molar-refractivity contribution in [3.8, 4) is 0 Å². The lowest BCUT2D eigenvalue weighted by molar-refractivity contribution is 0.00954. The van der Waals surface area contributed by atoms with E-state index in [1.54, 1.807) is 18.2 Å². The molecule has 0 unspecified atom stereocenters. The zero-order valence-corrected chi connectivity index (χ0v) is 8.03. The molecule has 1 aromatic rings. The quantitative estimate of drug-likeness (QED) is 0.501. The van der Waals surface area contributed by atoms with Crippen LogP contribution >= 0.6 is 0 Å². The number of hydrogen-bond acceptors (Lipinski definition) is 3. The first kappa shape index (κ1) is 8.94. The Kier molecular flexibility index (Phi) is 1.71. The molecule has 0 bridgehead atoms. The molecule has 1 aliphatic rings. The summed E-state index contributed by atoms with van der Waals surface area (Å²) in [6.45, 7) is 3.62. The van der Waals surface area contributed by atoms with Crippen molar-refractivity contribution in [1.82, 2.24) is 0 Å². The van der Waals surface area contributed by atoms with Gasteiger partial charge >= 0.3 is 5.97 Å². The molecule has 0 amide bonds. The van der Waals surface area contributed by atoms with Crippen LogP contribution in [0.2, 0.25) is 0 Å². The van der Waals surface area contributed by atoms with Crippen molar-refractivity contribution in [3.05, 3.63) is 34.9 Å². The lowest BCUT2D eigenvalue weighted by Crippen LogP contribution is -2.16. The average Bonchev–Trinajstić information content (AvgIpc) is 2.37. The Morgan fingerprint density at radius 3 is 2.71 bits per heavy atom. The minimum Gasteiger partial charge on any atom is -0.451 e. The van der Waals surface area contributed by atoms with Crippen molar-refractivity contribution in [2.24, 2.45) is 0 Å². The van der Waals surface area contributed by atoms with Crippen LogP contribution in [0.5, 0.6) is 0 Å². The van der Waals surface area contributed by atoms with E-state index in [0.29, 0.717) is 11.1 Å². The minimum absolute atomic E-state index is 0.317. The molecule has 1 aromatic carbocycles. The summed E-state index contributed by atoms with van der Waals surface area (Å²) in [6, 6.07) is 4.96. The van der Waals surface area contributed by atoms with E-state index >= 15 is 0 Å². The molecule has 0 saturated carbocycles. The number of cyclic esters (lactones) is 1. The molecular formula is C11H10O3. The number of benzene rings is 1. The summed E-state index contributed by atoms with van der Waals surface area (Å²) in [6.07, 6.45) is 0.763. The van der Waals surface area contributed by atoms with Crippen LogP contribution in [-0.4, -0.2) is 12.3 Å². The summed E-state index contributed by atoms with van der Waals surface area (Å²) in [5.74, 6) is -0.317. The molecule has 0 radical (unpaired) electrons. The van der Waals surface area contributed by atoms with Gasteiger partial charge in [-0.25, -0.2) is 4.79 Å². The third-order valence-corrected chi connectivity index (χ3v) is 2.40. The molecule has 0 saturated heterocycles. The van der Waals surface area contributed by atoms with E-state index in [1.807, 2.05) is 13.8 Å². The molecule has 2 rings (SSSR count). The molecule has 14 heavy (non-hydrogen) atoms. The molecule has 0 atom stereocenters. The number of fused-ring (bicyclic) bond motifs is 1. The maximum atomic E-state index is 11.4. The van der Waals surface area contributed by atoms with Crippen molar-refractivity contribution >= 4 is 12.3 Å². The first-order chi connectivity index (χ1) is 6.54. The molecule has 0 fully saturated rings. The van der Waals surface area contributed by atoms with Gasteiger partial charge in [0.2, 0.25) is 0 Å². The van der Waals surface area contributed by atoms with Gasteiger partial charge < -0.3 is 4.74 Å². The first-order valence-electron chi connectivity index (χ1n) is 4.37. The summed E-state index contributed by atoms with van der Waals surface area (Å²) < 4.78 is 5.16. The molecule has 1 aliphatic heterocycles. The van der Waals surface area contributed by atoms with Gasteiger partial charge in [0.15, 0.2) is 0 Å². The van der Waals surface area contributed by atoms with Crippen molar-refractivity contribution in [1.29, 1.82) is 0 Å². The second-order valence-corrected chi connectivity index (χ2v) is 3.82. The fourth-order valence-electron chi connectivity index (χ4n) is 1.65. The van der Waals surface area contributed by atoms with Gasteiger partial charge in [-0.3, -0.25) is 4.79 Å². The Balaban J connectivity index is 2.64. The average molecular weight is 190 g/mol. The van der Waals surface area contributed by atoms with E-state index in [4.69, 9.17) is 4.74 Å². The topological polar surface area (TPSA) is 43.4 Å². The first-order valence-corrected chi connectivity index (χ1v) is 4.37. The predicted molar refractivity (Wildman–Crippen MR) is 50.3 cm³/mol. The summed E-state index contributed by atoms with van der Waals surface area (Å²) in [5, 5.41) is 0. The van der Waals surface area contributed by atoms with Gasteiger partial charge in [-0.2, -0.15) is 0 Å². The lowest BCUT2D eigenvalue weighted by Gasteiger charge is -2.17. The molecular weight excluding hydrogens is 180 g/mol. The normalized spacial score (nSPS) is 17.4. The number of carbonyl (C=O) groups is 2. The van der Waals surface area contributed by atoms with Crippen LogP contribution in [0.3, 0.4) is 0 Å². The molecule has 3 heteroatoms. The molecule has 0 spiro atoms. The van der Waals surface area contributed by atoms with Gasteiger partial charge in [0.25, 0.3) is 0 Å². The number of esters is 1.